The third-order valence-corrected chi connectivity index (χ3v) is 4.08. The smallest absolute Gasteiger partial charge is 0.310 e. The first-order chi connectivity index (χ1) is 10.0. The molecule has 5 heteroatoms. The first kappa shape index (κ1) is 15.6. The lowest BCUT2D eigenvalue weighted by Crippen LogP contribution is -2.43. The molecule has 5 nitrogen and oxygen atoms in total. The second-order valence-electron chi connectivity index (χ2n) is 5.72. The van der Waals surface area contributed by atoms with Gasteiger partial charge in [-0.2, -0.15) is 0 Å². The van der Waals surface area contributed by atoms with Gasteiger partial charge in [-0.25, -0.2) is 0 Å². The molecule has 1 N–H and O–H groups in total. The molecule has 1 heterocycles. The highest BCUT2D eigenvalue weighted by molar-refractivity contribution is 5.93. The maximum Gasteiger partial charge on any atom is 0.310 e. The molecule has 1 fully saturated rings. The van der Waals surface area contributed by atoms with Crippen LogP contribution in [-0.2, 0) is 9.53 Å². The van der Waals surface area contributed by atoms with Crippen molar-refractivity contribution in [3.8, 4) is 0 Å². The Labute approximate surface area is 125 Å². The van der Waals surface area contributed by atoms with Crippen LogP contribution in [0.1, 0.15) is 54.0 Å². The summed E-state index contributed by atoms with van der Waals surface area (Å²) < 4.78 is 10.3. The van der Waals surface area contributed by atoms with E-state index < -0.39 is 0 Å². The number of methoxy groups -OCH3 is 1. The number of furan rings is 1. The van der Waals surface area contributed by atoms with Crippen LogP contribution in [0.15, 0.2) is 10.5 Å². The van der Waals surface area contributed by atoms with Gasteiger partial charge in [0.25, 0.3) is 5.91 Å². The van der Waals surface area contributed by atoms with Crippen LogP contribution in [0.4, 0.5) is 0 Å². The standard InChI is InChI=1S/C16H23NO4/c1-10-9-11(2)21-14(10)15(18)17-13-8-6-4-5-7-12(13)16(19)20-3/h9,12-13H,4-8H2,1-3H3,(H,17,18)/t12-,13+/m1/s1. The molecule has 1 aromatic heterocycles. The van der Waals surface area contributed by atoms with Crippen LogP contribution in [0.25, 0.3) is 0 Å². The molecule has 0 aliphatic heterocycles. The first-order valence-electron chi connectivity index (χ1n) is 7.48. The van der Waals surface area contributed by atoms with Crippen molar-refractivity contribution in [1.82, 2.24) is 5.32 Å². The van der Waals surface area contributed by atoms with Gasteiger partial charge in [-0.05, 0) is 32.8 Å². The van der Waals surface area contributed by atoms with Crippen LogP contribution in [0.3, 0.4) is 0 Å². The van der Waals surface area contributed by atoms with E-state index in [1.165, 1.54) is 7.11 Å². The molecule has 1 aromatic rings. The Kier molecular flexibility index (Phi) is 5.04. The van der Waals surface area contributed by atoms with Crippen molar-refractivity contribution < 1.29 is 18.7 Å². The zero-order chi connectivity index (χ0) is 15.4. The molecule has 0 radical (unpaired) electrons. The highest BCUT2D eigenvalue weighted by atomic mass is 16.5. The fraction of sp³-hybridized carbons (Fsp3) is 0.625. The van der Waals surface area contributed by atoms with E-state index in [-0.39, 0.29) is 23.8 Å². The summed E-state index contributed by atoms with van der Waals surface area (Å²) in [5, 5.41) is 2.96. The summed E-state index contributed by atoms with van der Waals surface area (Å²) in [7, 11) is 1.39. The number of aryl methyl sites for hydroxylation is 2. The predicted molar refractivity (Wildman–Crippen MR) is 78.0 cm³/mol. The number of esters is 1. The second-order valence-corrected chi connectivity index (χ2v) is 5.72. The summed E-state index contributed by atoms with van der Waals surface area (Å²) in [4.78, 5) is 24.3. The van der Waals surface area contributed by atoms with Gasteiger partial charge >= 0.3 is 5.97 Å². The molecule has 0 bridgehead atoms. The van der Waals surface area contributed by atoms with E-state index in [9.17, 15) is 9.59 Å². The van der Waals surface area contributed by atoms with Crippen molar-refractivity contribution in [2.24, 2.45) is 5.92 Å². The Bertz CT molecular complexity index is 520. The number of rotatable bonds is 3. The molecular weight excluding hydrogens is 270 g/mol. The largest absolute Gasteiger partial charge is 0.469 e. The van der Waals surface area contributed by atoms with Crippen LogP contribution >= 0.6 is 0 Å². The number of hydrogen-bond donors (Lipinski definition) is 1. The maximum absolute atomic E-state index is 12.4. The summed E-state index contributed by atoms with van der Waals surface area (Å²) in [5.74, 6) is 0.289. The fourth-order valence-electron chi connectivity index (χ4n) is 3.01. The van der Waals surface area contributed by atoms with Gasteiger partial charge in [0, 0.05) is 11.6 Å². The Balaban J connectivity index is 2.12. The van der Waals surface area contributed by atoms with E-state index in [0.29, 0.717) is 11.5 Å². The van der Waals surface area contributed by atoms with E-state index in [4.69, 9.17) is 9.15 Å². The molecular formula is C16H23NO4. The van der Waals surface area contributed by atoms with Crippen molar-refractivity contribution >= 4 is 11.9 Å². The molecule has 2 rings (SSSR count). The topological polar surface area (TPSA) is 68.5 Å². The van der Waals surface area contributed by atoms with Gasteiger partial charge in [0.2, 0.25) is 0 Å². The lowest BCUT2D eigenvalue weighted by molar-refractivity contribution is -0.146. The molecule has 1 aliphatic rings. The minimum atomic E-state index is -0.266. The summed E-state index contributed by atoms with van der Waals surface area (Å²) in [5.41, 5.74) is 0.813. The van der Waals surface area contributed by atoms with Gasteiger partial charge in [0.15, 0.2) is 5.76 Å². The number of ether oxygens (including phenoxy) is 1. The Hall–Kier alpha value is -1.78. The zero-order valence-electron chi connectivity index (χ0n) is 12.9. The molecule has 0 spiro atoms. The lowest BCUT2D eigenvalue weighted by atomic mass is 9.94. The summed E-state index contributed by atoms with van der Waals surface area (Å²) in [6.45, 7) is 3.66. The third-order valence-electron chi connectivity index (χ3n) is 4.08. The normalized spacial score (nSPS) is 22.4. The van der Waals surface area contributed by atoms with Gasteiger partial charge in [-0.3, -0.25) is 9.59 Å². The fourth-order valence-corrected chi connectivity index (χ4v) is 3.01. The molecule has 0 aromatic carbocycles. The first-order valence-corrected chi connectivity index (χ1v) is 7.48. The molecule has 21 heavy (non-hydrogen) atoms. The molecule has 116 valence electrons. The number of amides is 1. The number of nitrogens with one attached hydrogen (secondary N) is 1. The molecule has 1 saturated carbocycles. The van der Waals surface area contributed by atoms with Gasteiger partial charge in [-0.1, -0.05) is 19.3 Å². The summed E-state index contributed by atoms with van der Waals surface area (Å²) >= 11 is 0. The van der Waals surface area contributed by atoms with Crippen LogP contribution in [0.2, 0.25) is 0 Å². The van der Waals surface area contributed by atoms with Gasteiger partial charge in [0.05, 0.1) is 13.0 Å². The third kappa shape index (κ3) is 3.65. The van der Waals surface area contributed by atoms with E-state index in [1.54, 1.807) is 0 Å². The van der Waals surface area contributed by atoms with E-state index in [0.717, 1.165) is 37.7 Å². The average molecular weight is 293 g/mol. The quantitative estimate of drug-likeness (QED) is 0.687. The summed E-state index contributed by atoms with van der Waals surface area (Å²) in [6.07, 6.45) is 4.64. The molecule has 1 amide bonds. The molecule has 0 saturated heterocycles. The van der Waals surface area contributed by atoms with Crippen molar-refractivity contribution in [1.29, 1.82) is 0 Å². The zero-order valence-corrected chi connectivity index (χ0v) is 12.9. The minimum absolute atomic E-state index is 0.183. The maximum atomic E-state index is 12.4. The van der Waals surface area contributed by atoms with Crippen molar-refractivity contribution in [3.05, 3.63) is 23.2 Å². The Morgan fingerprint density at radius 3 is 2.57 bits per heavy atom. The highest BCUT2D eigenvalue weighted by Crippen LogP contribution is 2.25. The monoisotopic (exact) mass is 293 g/mol. The summed E-state index contributed by atoms with van der Waals surface area (Å²) in [6, 6.07) is 1.65. The molecule has 0 unspecified atom stereocenters. The number of hydrogen-bond acceptors (Lipinski definition) is 4. The minimum Gasteiger partial charge on any atom is -0.469 e. The van der Waals surface area contributed by atoms with E-state index in [2.05, 4.69) is 5.32 Å². The highest BCUT2D eigenvalue weighted by Gasteiger charge is 2.32. The number of carbonyl (C=O) groups is 2. The van der Waals surface area contributed by atoms with Crippen LogP contribution in [0.5, 0.6) is 0 Å². The van der Waals surface area contributed by atoms with Crippen molar-refractivity contribution in [2.45, 2.75) is 52.0 Å². The lowest BCUT2D eigenvalue weighted by Gasteiger charge is -2.23. The average Bonchev–Trinajstić information content (AvgIpc) is 2.65. The Morgan fingerprint density at radius 1 is 1.24 bits per heavy atom. The predicted octanol–water partition coefficient (Wildman–Crippen LogP) is 2.75. The van der Waals surface area contributed by atoms with Crippen molar-refractivity contribution in [2.75, 3.05) is 7.11 Å². The van der Waals surface area contributed by atoms with Gasteiger partial charge in [0.1, 0.15) is 5.76 Å². The SMILES string of the molecule is COC(=O)[C@@H]1CCCCC[C@@H]1NC(=O)c1oc(C)cc1C. The number of carbonyl (C=O) groups excluding carboxylic acids is 2. The van der Waals surface area contributed by atoms with Crippen LogP contribution in [0, 0.1) is 19.8 Å². The van der Waals surface area contributed by atoms with Crippen LogP contribution < -0.4 is 5.32 Å². The second kappa shape index (κ2) is 6.78. The Morgan fingerprint density at radius 2 is 1.95 bits per heavy atom. The van der Waals surface area contributed by atoms with Crippen LogP contribution in [-0.4, -0.2) is 25.0 Å². The van der Waals surface area contributed by atoms with Gasteiger partial charge in [-0.15, -0.1) is 0 Å². The van der Waals surface area contributed by atoms with E-state index in [1.807, 2.05) is 19.9 Å². The molecule has 2 atom stereocenters. The van der Waals surface area contributed by atoms with E-state index >= 15 is 0 Å². The van der Waals surface area contributed by atoms with Gasteiger partial charge < -0.3 is 14.5 Å². The molecule has 1 aliphatic carbocycles. The van der Waals surface area contributed by atoms with Crippen molar-refractivity contribution in [3.63, 3.8) is 0 Å².